The van der Waals surface area contributed by atoms with Crippen LogP contribution in [0.25, 0.3) is 0 Å². The molecule has 0 saturated heterocycles. The average Bonchev–Trinajstić information content (AvgIpc) is 2.31. The van der Waals surface area contributed by atoms with Gasteiger partial charge in [0.1, 0.15) is 6.07 Å². The SMILES string of the molecule is CCOC(=O)C1CCC/C(=C(\C#N)C=O)C1. The maximum atomic E-state index is 11.5. The molecule has 1 atom stereocenters. The number of allylic oxidation sites excluding steroid dienone is 2. The number of aldehydes is 1. The van der Waals surface area contributed by atoms with Crippen LogP contribution < -0.4 is 0 Å². The van der Waals surface area contributed by atoms with E-state index < -0.39 is 0 Å². The first-order valence-corrected chi connectivity index (χ1v) is 5.46. The zero-order chi connectivity index (χ0) is 12.0. The molecular formula is C12H15NO3. The fraction of sp³-hybridized carbons (Fsp3) is 0.583. The summed E-state index contributed by atoms with van der Waals surface area (Å²) in [6, 6.07) is 1.87. The van der Waals surface area contributed by atoms with E-state index in [1.807, 2.05) is 6.07 Å². The lowest BCUT2D eigenvalue weighted by molar-refractivity contribution is -0.148. The summed E-state index contributed by atoms with van der Waals surface area (Å²) < 4.78 is 4.94. The number of hydrogen-bond donors (Lipinski definition) is 0. The highest BCUT2D eigenvalue weighted by Crippen LogP contribution is 2.30. The summed E-state index contributed by atoms with van der Waals surface area (Å²) in [5.74, 6) is -0.408. The zero-order valence-electron chi connectivity index (χ0n) is 9.36. The Kier molecular flexibility index (Phi) is 4.71. The largest absolute Gasteiger partial charge is 0.466 e. The first kappa shape index (κ1) is 12.4. The molecule has 0 bridgehead atoms. The van der Waals surface area contributed by atoms with Gasteiger partial charge in [-0.1, -0.05) is 0 Å². The van der Waals surface area contributed by atoms with Crippen molar-refractivity contribution in [3.8, 4) is 6.07 Å². The molecule has 1 aliphatic rings. The highest BCUT2D eigenvalue weighted by molar-refractivity contribution is 5.81. The fourth-order valence-corrected chi connectivity index (χ4v) is 1.96. The Morgan fingerprint density at radius 2 is 2.44 bits per heavy atom. The molecule has 0 heterocycles. The Bertz CT molecular complexity index is 352. The van der Waals surface area contributed by atoms with Crippen LogP contribution >= 0.6 is 0 Å². The molecule has 1 rings (SSSR count). The first-order chi connectivity index (χ1) is 7.72. The van der Waals surface area contributed by atoms with Crippen LogP contribution in [0.5, 0.6) is 0 Å². The van der Waals surface area contributed by atoms with E-state index in [9.17, 15) is 9.59 Å². The van der Waals surface area contributed by atoms with Crippen molar-refractivity contribution in [2.45, 2.75) is 32.6 Å². The van der Waals surface area contributed by atoms with E-state index >= 15 is 0 Å². The lowest BCUT2D eigenvalue weighted by Crippen LogP contribution is -2.22. The second-order valence-electron chi connectivity index (χ2n) is 3.79. The van der Waals surface area contributed by atoms with Gasteiger partial charge in [-0.3, -0.25) is 9.59 Å². The van der Waals surface area contributed by atoms with Crippen LogP contribution in [0.1, 0.15) is 32.6 Å². The molecule has 4 nitrogen and oxygen atoms in total. The number of nitrogens with zero attached hydrogens (tertiary/aromatic N) is 1. The topological polar surface area (TPSA) is 67.2 Å². The summed E-state index contributed by atoms with van der Waals surface area (Å²) in [4.78, 5) is 22.2. The van der Waals surface area contributed by atoms with Crippen molar-refractivity contribution in [3.63, 3.8) is 0 Å². The van der Waals surface area contributed by atoms with Crippen molar-refractivity contribution in [2.24, 2.45) is 5.92 Å². The minimum atomic E-state index is -0.220. The summed E-state index contributed by atoms with van der Waals surface area (Å²) >= 11 is 0. The number of ether oxygens (including phenoxy) is 1. The number of hydrogen-bond acceptors (Lipinski definition) is 4. The normalized spacial score (nSPS) is 23.1. The standard InChI is InChI=1S/C12H15NO3/c1-2-16-12(15)10-5-3-4-9(6-10)11(7-13)8-14/h8,10H,2-6H2,1H3/b11-9-. The third-order valence-electron chi connectivity index (χ3n) is 2.76. The number of carbonyl (C=O) groups is 2. The Morgan fingerprint density at radius 3 is 3.00 bits per heavy atom. The average molecular weight is 221 g/mol. The minimum Gasteiger partial charge on any atom is -0.466 e. The first-order valence-electron chi connectivity index (χ1n) is 5.46. The second kappa shape index (κ2) is 6.06. The van der Waals surface area contributed by atoms with Crippen LogP contribution in [0.3, 0.4) is 0 Å². The molecule has 16 heavy (non-hydrogen) atoms. The lowest BCUT2D eigenvalue weighted by Gasteiger charge is -2.22. The summed E-state index contributed by atoms with van der Waals surface area (Å²) in [7, 11) is 0. The van der Waals surface area contributed by atoms with Crippen molar-refractivity contribution < 1.29 is 14.3 Å². The van der Waals surface area contributed by atoms with Gasteiger partial charge in [-0.25, -0.2) is 0 Å². The number of carbonyl (C=O) groups excluding carboxylic acids is 2. The van der Waals surface area contributed by atoms with Crippen molar-refractivity contribution in [1.82, 2.24) is 0 Å². The smallest absolute Gasteiger partial charge is 0.309 e. The second-order valence-corrected chi connectivity index (χ2v) is 3.79. The molecule has 0 radical (unpaired) electrons. The molecule has 0 spiro atoms. The molecule has 1 unspecified atom stereocenters. The molecule has 0 amide bonds. The number of esters is 1. The quantitative estimate of drug-likeness (QED) is 0.315. The maximum absolute atomic E-state index is 11.5. The molecule has 4 heteroatoms. The van der Waals surface area contributed by atoms with Crippen LogP contribution in [0, 0.1) is 17.2 Å². The van der Waals surface area contributed by atoms with Gasteiger partial charge in [0.2, 0.25) is 0 Å². The van der Waals surface area contributed by atoms with Gasteiger partial charge in [0.25, 0.3) is 0 Å². The molecule has 0 aromatic heterocycles. The van der Waals surface area contributed by atoms with E-state index in [-0.39, 0.29) is 17.5 Å². The van der Waals surface area contributed by atoms with E-state index in [0.29, 0.717) is 19.3 Å². The van der Waals surface area contributed by atoms with Gasteiger partial charge in [-0.2, -0.15) is 5.26 Å². The van der Waals surface area contributed by atoms with E-state index in [0.717, 1.165) is 24.8 Å². The van der Waals surface area contributed by atoms with Crippen LogP contribution in [-0.2, 0) is 14.3 Å². The molecule has 0 aliphatic heterocycles. The molecule has 1 saturated carbocycles. The van der Waals surface area contributed by atoms with E-state index in [1.54, 1.807) is 6.92 Å². The predicted molar refractivity (Wildman–Crippen MR) is 57.3 cm³/mol. The molecule has 0 aromatic carbocycles. The lowest BCUT2D eigenvalue weighted by atomic mass is 9.83. The Morgan fingerprint density at radius 1 is 1.69 bits per heavy atom. The van der Waals surface area contributed by atoms with Gasteiger partial charge >= 0.3 is 5.97 Å². The van der Waals surface area contributed by atoms with E-state index in [1.165, 1.54) is 0 Å². The van der Waals surface area contributed by atoms with Crippen molar-refractivity contribution >= 4 is 12.3 Å². The monoisotopic (exact) mass is 221 g/mol. The Balaban J connectivity index is 2.74. The molecular weight excluding hydrogens is 206 g/mol. The Hall–Kier alpha value is -1.63. The van der Waals surface area contributed by atoms with Crippen LogP contribution in [0.4, 0.5) is 0 Å². The summed E-state index contributed by atoms with van der Waals surface area (Å²) in [5, 5.41) is 8.75. The van der Waals surface area contributed by atoms with Crippen molar-refractivity contribution in [3.05, 3.63) is 11.1 Å². The number of nitriles is 1. The van der Waals surface area contributed by atoms with Gasteiger partial charge < -0.3 is 4.74 Å². The van der Waals surface area contributed by atoms with Gasteiger partial charge in [-0.15, -0.1) is 0 Å². The predicted octanol–water partition coefficient (Wildman–Crippen LogP) is 1.76. The fourth-order valence-electron chi connectivity index (χ4n) is 1.96. The third kappa shape index (κ3) is 2.93. The molecule has 86 valence electrons. The van der Waals surface area contributed by atoms with Gasteiger partial charge in [-0.05, 0) is 38.2 Å². The number of rotatable bonds is 3. The van der Waals surface area contributed by atoms with Gasteiger partial charge in [0, 0.05) is 0 Å². The van der Waals surface area contributed by atoms with E-state index in [2.05, 4.69) is 0 Å². The van der Waals surface area contributed by atoms with Crippen LogP contribution in [0.2, 0.25) is 0 Å². The van der Waals surface area contributed by atoms with Gasteiger partial charge in [0.05, 0.1) is 18.1 Å². The van der Waals surface area contributed by atoms with Crippen LogP contribution in [0.15, 0.2) is 11.1 Å². The van der Waals surface area contributed by atoms with Gasteiger partial charge in [0.15, 0.2) is 6.29 Å². The highest BCUT2D eigenvalue weighted by atomic mass is 16.5. The maximum Gasteiger partial charge on any atom is 0.309 e. The highest BCUT2D eigenvalue weighted by Gasteiger charge is 2.26. The summed E-state index contributed by atoms with van der Waals surface area (Å²) in [6.07, 6.45) is 3.40. The van der Waals surface area contributed by atoms with Crippen molar-refractivity contribution in [1.29, 1.82) is 5.26 Å². The zero-order valence-corrected chi connectivity index (χ0v) is 9.36. The molecule has 0 N–H and O–H groups in total. The third-order valence-corrected chi connectivity index (χ3v) is 2.76. The summed E-state index contributed by atoms with van der Waals surface area (Å²) in [5.41, 5.74) is 0.968. The summed E-state index contributed by atoms with van der Waals surface area (Å²) in [6.45, 7) is 2.14. The Labute approximate surface area is 94.9 Å². The van der Waals surface area contributed by atoms with Crippen molar-refractivity contribution in [2.75, 3.05) is 6.61 Å². The molecule has 1 aliphatic carbocycles. The molecule has 1 fully saturated rings. The van der Waals surface area contributed by atoms with E-state index in [4.69, 9.17) is 10.00 Å². The minimum absolute atomic E-state index is 0.175. The van der Waals surface area contributed by atoms with Crippen LogP contribution in [-0.4, -0.2) is 18.9 Å². The molecule has 0 aromatic rings.